The van der Waals surface area contributed by atoms with Crippen molar-refractivity contribution in [2.75, 3.05) is 0 Å². The van der Waals surface area contributed by atoms with Crippen molar-refractivity contribution >= 4 is 27.6 Å². The molecule has 0 spiro atoms. The molecule has 0 amide bonds. The minimum absolute atomic E-state index is 0.0881. The Labute approximate surface area is 112 Å². The monoisotopic (exact) mass is 249 g/mol. The highest BCUT2D eigenvalue weighted by atomic mass is 16.3. The van der Waals surface area contributed by atoms with E-state index in [0.29, 0.717) is 5.69 Å². The molecule has 94 valence electrons. The lowest BCUT2D eigenvalue weighted by molar-refractivity contribution is 0.590. The van der Waals surface area contributed by atoms with E-state index >= 15 is 0 Å². The van der Waals surface area contributed by atoms with Crippen molar-refractivity contribution in [3.63, 3.8) is 0 Å². The van der Waals surface area contributed by atoms with E-state index in [1.807, 2.05) is 24.3 Å². The van der Waals surface area contributed by atoms with Crippen LogP contribution < -0.4 is 0 Å². The molecule has 0 aliphatic carbocycles. The first-order valence-electron chi connectivity index (χ1n) is 6.34. The third-order valence-electron chi connectivity index (χ3n) is 3.46. The Morgan fingerprint density at radius 1 is 1.05 bits per heavy atom. The highest BCUT2D eigenvalue weighted by molar-refractivity contribution is 6.11. The summed E-state index contributed by atoms with van der Waals surface area (Å²) < 4.78 is 5.82. The highest BCUT2D eigenvalue weighted by Gasteiger charge is 2.17. The predicted molar refractivity (Wildman–Crippen MR) is 78.7 cm³/mol. The molecule has 0 radical (unpaired) electrons. The van der Waals surface area contributed by atoms with Crippen LogP contribution in [0.2, 0.25) is 0 Å². The van der Waals surface area contributed by atoms with Gasteiger partial charge in [0.15, 0.2) is 5.69 Å². The molecule has 3 rings (SSSR count). The maximum atomic E-state index is 7.30. The van der Waals surface area contributed by atoms with Crippen LogP contribution in [0, 0.1) is 6.57 Å². The Morgan fingerprint density at radius 3 is 2.53 bits per heavy atom. The van der Waals surface area contributed by atoms with Crippen molar-refractivity contribution in [3.05, 3.63) is 53.4 Å². The van der Waals surface area contributed by atoms with Gasteiger partial charge in [-0.05, 0) is 29.2 Å². The fourth-order valence-corrected chi connectivity index (χ4v) is 2.37. The molecule has 2 aromatic carbocycles. The lowest BCUT2D eigenvalue weighted by Crippen LogP contribution is -2.10. The Hall–Kier alpha value is -2.27. The van der Waals surface area contributed by atoms with Crippen LogP contribution in [0.1, 0.15) is 26.3 Å². The summed E-state index contributed by atoms with van der Waals surface area (Å²) in [6.07, 6.45) is 0. The lowest BCUT2D eigenvalue weighted by Gasteiger charge is -2.18. The number of fused-ring (bicyclic) bond motifs is 3. The van der Waals surface area contributed by atoms with Crippen LogP contribution in [-0.4, -0.2) is 0 Å². The molecule has 0 bridgehead atoms. The predicted octanol–water partition coefficient (Wildman–Crippen LogP) is 5.43. The quantitative estimate of drug-likeness (QED) is 0.485. The average molecular weight is 249 g/mol. The smallest absolute Gasteiger partial charge is 0.198 e. The minimum atomic E-state index is 0.0881. The Morgan fingerprint density at radius 2 is 1.84 bits per heavy atom. The van der Waals surface area contributed by atoms with E-state index in [9.17, 15) is 0 Å². The molecule has 0 unspecified atom stereocenters. The summed E-state index contributed by atoms with van der Waals surface area (Å²) in [6.45, 7) is 13.9. The summed E-state index contributed by atoms with van der Waals surface area (Å²) in [5.41, 5.74) is 3.63. The first-order chi connectivity index (χ1) is 9.00. The zero-order chi connectivity index (χ0) is 13.6. The van der Waals surface area contributed by atoms with Crippen LogP contribution in [-0.2, 0) is 5.41 Å². The van der Waals surface area contributed by atoms with Crippen molar-refractivity contribution in [1.29, 1.82) is 0 Å². The molecule has 2 heteroatoms. The van der Waals surface area contributed by atoms with Crippen LogP contribution in [0.5, 0.6) is 0 Å². The van der Waals surface area contributed by atoms with Crippen molar-refractivity contribution in [2.24, 2.45) is 0 Å². The minimum Gasteiger partial charge on any atom is -0.457 e. The van der Waals surface area contributed by atoms with E-state index in [4.69, 9.17) is 11.0 Å². The number of nitrogens with zero attached hydrogens (tertiary/aromatic N) is 1. The maximum absolute atomic E-state index is 7.30. The zero-order valence-corrected chi connectivity index (χ0v) is 11.3. The third kappa shape index (κ3) is 1.79. The number of rotatable bonds is 0. The van der Waals surface area contributed by atoms with Crippen molar-refractivity contribution < 1.29 is 4.42 Å². The number of hydrogen-bond acceptors (Lipinski definition) is 1. The summed E-state index contributed by atoms with van der Waals surface area (Å²) in [6, 6.07) is 11.9. The van der Waals surface area contributed by atoms with E-state index in [1.54, 1.807) is 0 Å². The Bertz CT molecular complexity index is 813. The molecule has 1 aromatic heterocycles. The Balaban J connectivity index is 2.45. The van der Waals surface area contributed by atoms with Crippen molar-refractivity contribution in [3.8, 4) is 0 Å². The topological polar surface area (TPSA) is 17.5 Å². The molecule has 1 heterocycles. The summed E-state index contributed by atoms with van der Waals surface area (Å²) in [5.74, 6) is 0. The van der Waals surface area contributed by atoms with Gasteiger partial charge in [-0.25, -0.2) is 4.85 Å². The van der Waals surface area contributed by atoms with Gasteiger partial charge in [-0.1, -0.05) is 39.0 Å². The maximum Gasteiger partial charge on any atom is 0.198 e. The standard InChI is InChI=1S/C17H15NO/c1-17(2,3)11-8-9-14-12(10-11)16-13(18-4)6-5-7-15(16)19-14/h5-10H,1-3H3. The molecule has 0 atom stereocenters. The van der Waals surface area contributed by atoms with Crippen LogP contribution in [0.25, 0.3) is 26.8 Å². The summed E-state index contributed by atoms with van der Waals surface area (Å²) in [4.78, 5) is 3.60. The zero-order valence-electron chi connectivity index (χ0n) is 11.3. The van der Waals surface area contributed by atoms with E-state index in [0.717, 1.165) is 21.9 Å². The third-order valence-corrected chi connectivity index (χ3v) is 3.46. The Kier molecular flexibility index (Phi) is 2.40. The summed E-state index contributed by atoms with van der Waals surface area (Å²) in [5, 5.41) is 1.97. The summed E-state index contributed by atoms with van der Waals surface area (Å²) >= 11 is 0. The molecule has 3 aromatic rings. The molecule has 2 nitrogen and oxygen atoms in total. The van der Waals surface area contributed by atoms with Crippen LogP contribution in [0.4, 0.5) is 5.69 Å². The van der Waals surface area contributed by atoms with E-state index in [1.165, 1.54) is 5.56 Å². The van der Waals surface area contributed by atoms with Gasteiger partial charge in [-0.15, -0.1) is 0 Å². The number of hydrogen-bond donors (Lipinski definition) is 0. The molecule has 0 aliphatic heterocycles. The fourth-order valence-electron chi connectivity index (χ4n) is 2.37. The largest absolute Gasteiger partial charge is 0.457 e. The van der Waals surface area contributed by atoms with Gasteiger partial charge in [0.25, 0.3) is 0 Å². The highest BCUT2D eigenvalue weighted by Crippen LogP contribution is 2.37. The second kappa shape index (κ2) is 3.86. The van der Waals surface area contributed by atoms with E-state index < -0.39 is 0 Å². The SMILES string of the molecule is [C-]#[N+]c1cccc2oc3ccc(C(C)(C)C)cc3c12. The number of furan rings is 1. The molecule has 0 fully saturated rings. The van der Waals surface area contributed by atoms with Gasteiger partial charge in [0.1, 0.15) is 11.2 Å². The molecule has 0 saturated heterocycles. The fraction of sp³-hybridized carbons (Fsp3) is 0.235. The van der Waals surface area contributed by atoms with Gasteiger partial charge >= 0.3 is 0 Å². The van der Waals surface area contributed by atoms with Gasteiger partial charge in [-0.2, -0.15) is 0 Å². The van der Waals surface area contributed by atoms with Crippen LogP contribution >= 0.6 is 0 Å². The molecular weight excluding hydrogens is 234 g/mol. The summed E-state index contributed by atoms with van der Waals surface area (Å²) in [7, 11) is 0. The van der Waals surface area contributed by atoms with Crippen LogP contribution in [0.3, 0.4) is 0 Å². The normalized spacial score (nSPS) is 11.9. The second-order valence-electron chi connectivity index (χ2n) is 5.83. The van der Waals surface area contributed by atoms with Gasteiger partial charge in [-0.3, -0.25) is 0 Å². The van der Waals surface area contributed by atoms with Crippen LogP contribution in [0.15, 0.2) is 40.8 Å². The average Bonchev–Trinajstić information content (AvgIpc) is 2.75. The second-order valence-corrected chi connectivity index (χ2v) is 5.83. The van der Waals surface area contributed by atoms with Gasteiger partial charge in [0.2, 0.25) is 0 Å². The van der Waals surface area contributed by atoms with Gasteiger partial charge in [0, 0.05) is 10.8 Å². The van der Waals surface area contributed by atoms with E-state index in [-0.39, 0.29) is 5.41 Å². The first kappa shape index (κ1) is 11.8. The van der Waals surface area contributed by atoms with Gasteiger partial charge in [0.05, 0.1) is 6.57 Å². The van der Waals surface area contributed by atoms with Crippen molar-refractivity contribution in [1.82, 2.24) is 0 Å². The van der Waals surface area contributed by atoms with Gasteiger partial charge < -0.3 is 4.42 Å². The molecule has 0 N–H and O–H groups in total. The molecular formula is C17H15NO. The lowest BCUT2D eigenvalue weighted by atomic mass is 9.86. The number of benzene rings is 2. The first-order valence-corrected chi connectivity index (χ1v) is 6.34. The molecule has 0 aliphatic rings. The van der Waals surface area contributed by atoms with Crippen molar-refractivity contribution in [2.45, 2.75) is 26.2 Å². The molecule has 19 heavy (non-hydrogen) atoms. The molecule has 0 saturated carbocycles. The van der Waals surface area contributed by atoms with E-state index in [2.05, 4.69) is 37.7 Å².